The summed E-state index contributed by atoms with van der Waals surface area (Å²) in [6, 6.07) is 23.4. The molecule has 2 atom stereocenters. The summed E-state index contributed by atoms with van der Waals surface area (Å²) in [4.78, 5) is 1.34. The second kappa shape index (κ2) is 11.5. The molecule has 0 saturated carbocycles. The average Bonchev–Trinajstić information content (AvgIpc) is 2.86. The number of aryl methyl sites for hydroxylation is 1. The minimum Gasteiger partial charge on any atom is -0.129 e. The van der Waals surface area contributed by atoms with Crippen LogP contribution in [0.5, 0.6) is 0 Å². The number of hydrogen-bond donors (Lipinski definition) is 0. The van der Waals surface area contributed by atoms with Gasteiger partial charge < -0.3 is 0 Å². The van der Waals surface area contributed by atoms with Crippen LogP contribution >= 0.6 is 11.8 Å². The largest absolute Gasteiger partial charge is 0.129 e. The molecule has 0 heterocycles. The zero-order chi connectivity index (χ0) is 24.9. The summed E-state index contributed by atoms with van der Waals surface area (Å²) in [7, 11) is 0. The van der Waals surface area contributed by atoms with Crippen LogP contribution in [0.1, 0.15) is 93.0 Å². The molecule has 1 heteroatoms. The van der Waals surface area contributed by atoms with Gasteiger partial charge in [0, 0.05) is 4.90 Å². The molecule has 0 nitrogen and oxygen atoms in total. The highest BCUT2D eigenvalue weighted by Gasteiger charge is 2.09. The Bertz CT molecular complexity index is 1340. The smallest absolute Gasteiger partial charge is 0.0148 e. The van der Waals surface area contributed by atoms with Crippen molar-refractivity contribution in [1.82, 2.24) is 0 Å². The molecule has 0 radical (unpaired) electrons. The molecule has 4 rings (SSSR count). The summed E-state index contributed by atoms with van der Waals surface area (Å²) in [6.07, 6.45) is 11.7. The van der Waals surface area contributed by atoms with Crippen molar-refractivity contribution in [3.8, 4) is 0 Å². The first kappa shape index (κ1) is 25.6. The molecule has 182 valence electrons. The van der Waals surface area contributed by atoms with Crippen molar-refractivity contribution < 1.29 is 0 Å². The van der Waals surface area contributed by atoms with Crippen LogP contribution < -0.4 is 0 Å². The Morgan fingerprint density at radius 3 is 1.71 bits per heavy atom. The van der Waals surface area contributed by atoms with E-state index in [0.717, 1.165) is 0 Å². The summed E-state index contributed by atoms with van der Waals surface area (Å²) < 4.78 is 0. The lowest BCUT2D eigenvalue weighted by molar-refractivity contribution is 0.665. The Morgan fingerprint density at radius 2 is 1.17 bits per heavy atom. The Balaban J connectivity index is 1.66. The quantitative estimate of drug-likeness (QED) is 0.169. The predicted octanol–water partition coefficient (Wildman–Crippen LogP) is 11.0. The Kier molecular flexibility index (Phi) is 8.39. The van der Waals surface area contributed by atoms with E-state index in [2.05, 4.69) is 114 Å². The summed E-state index contributed by atoms with van der Waals surface area (Å²) >= 11 is 1.83. The van der Waals surface area contributed by atoms with Crippen molar-refractivity contribution in [2.24, 2.45) is 0 Å². The Hall–Kier alpha value is -2.51. The molecule has 0 aliphatic rings. The average molecular weight is 481 g/mol. The highest BCUT2D eigenvalue weighted by molar-refractivity contribution is 7.98. The van der Waals surface area contributed by atoms with Gasteiger partial charge in [-0.05, 0) is 105 Å². The molecule has 0 amide bonds. The molecule has 0 aliphatic carbocycles. The standard InChI is InChI=1S/C34H40S/c1-7-9-23(3)26-11-14-29-18-28(25(5)17-32(29)19-26)13-16-31-21-30-15-12-27(24(4)10-8-2)20-33(30)22-34(31)35-6/h11-24H,7-10H2,1-6H3/b16-13+. The normalized spacial score (nSPS) is 13.7. The van der Waals surface area contributed by atoms with Crippen LogP contribution in [0.2, 0.25) is 0 Å². The van der Waals surface area contributed by atoms with Crippen LogP contribution in [0.25, 0.3) is 33.7 Å². The van der Waals surface area contributed by atoms with Crippen LogP contribution in [0, 0.1) is 6.92 Å². The first-order chi connectivity index (χ1) is 16.9. The zero-order valence-electron chi connectivity index (χ0n) is 22.3. The minimum absolute atomic E-state index is 0.614. The Labute approximate surface area is 216 Å². The predicted molar refractivity (Wildman–Crippen MR) is 160 cm³/mol. The van der Waals surface area contributed by atoms with Crippen molar-refractivity contribution in [3.63, 3.8) is 0 Å². The molecule has 0 fully saturated rings. The topological polar surface area (TPSA) is 0 Å². The van der Waals surface area contributed by atoms with Crippen LogP contribution in [-0.4, -0.2) is 6.26 Å². The molecular weight excluding hydrogens is 440 g/mol. The van der Waals surface area contributed by atoms with E-state index in [0.29, 0.717) is 11.8 Å². The van der Waals surface area contributed by atoms with E-state index < -0.39 is 0 Å². The summed E-state index contributed by atoms with van der Waals surface area (Å²) in [5.74, 6) is 1.23. The zero-order valence-corrected chi connectivity index (χ0v) is 23.1. The van der Waals surface area contributed by atoms with E-state index in [1.54, 1.807) is 0 Å². The minimum atomic E-state index is 0.614. The van der Waals surface area contributed by atoms with Crippen molar-refractivity contribution in [1.29, 1.82) is 0 Å². The van der Waals surface area contributed by atoms with E-state index in [-0.39, 0.29) is 0 Å². The first-order valence-corrected chi connectivity index (χ1v) is 14.5. The van der Waals surface area contributed by atoms with Crippen LogP contribution in [0.15, 0.2) is 65.6 Å². The van der Waals surface area contributed by atoms with Gasteiger partial charge in [0.1, 0.15) is 0 Å². The van der Waals surface area contributed by atoms with Crippen molar-refractivity contribution >= 4 is 45.5 Å². The summed E-state index contributed by atoms with van der Waals surface area (Å²) in [6.45, 7) is 11.5. The maximum Gasteiger partial charge on any atom is 0.0148 e. The summed E-state index contributed by atoms with van der Waals surface area (Å²) in [5.41, 5.74) is 6.82. The number of benzene rings is 4. The van der Waals surface area contributed by atoms with E-state index in [1.165, 1.54) is 79.9 Å². The second-order valence-electron chi connectivity index (χ2n) is 10.2. The molecule has 0 aromatic heterocycles. The van der Waals surface area contributed by atoms with Gasteiger partial charge in [0.15, 0.2) is 0 Å². The van der Waals surface area contributed by atoms with E-state index in [1.807, 2.05) is 11.8 Å². The molecular formula is C34H40S. The summed E-state index contributed by atoms with van der Waals surface area (Å²) in [5, 5.41) is 5.34. The first-order valence-electron chi connectivity index (χ1n) is 13.3. The number of fused-ring (bicyclic) bond motifs is 2. The van der Waals surface area contributed by atoms with Crippen LogP contribution in [0.4, 0.5) is 0 Å². The van der Waals surface area contributed by atoms with E-state index in [4.69, 9.17) is 0 Å². The van der Waals surface area contributed by atoms with Gasteiger partial charge in [-0.1, -0.05) is 95.2 Å². The lowest BCUT2D eigenvalue weighted by Gasteiger charge is -2.13. The molecule has 35 heavy (non-hydrogen) atoms. The van der Waals surface area contributed by atoms with Crippen molar-refractivity contribution in [3.05, 3.63) is 88.5 Å². The van der Waals surface area contributed by atoms with Gasteiger partial charge in [0.25, 0.3) is 0 Å². The monoisotopic (exact) mass is 480 g/mol. The van der Waals surface area contributed by atoms with Gasteiger partial charge >= 0.3 is 0 Å². The number of hydrogen-bond acceptors (Lipinski definition) is 1. The fraction of sp³-hybridized carbons (Fsp3) is 0.353. The highest BCUT2D eigenvalue weighted by atomic mass is 32.2. The van der Waals surface area contributed by atoms with Gasteiger partial charge in [0.2, 0.25) is 0 Å². The second-order valence-corrected chi connectivity index (χ2v) is 11.1. The third-order valence-electron chi connectivity index (χ3n) is 7.49. The maximum atomic E-state index is 2.39. The van der Waals surface area contributed by atoms with E-state index >= 15 is 0 Å². The fourth-order valence-corrected chi connectivity index (χ4v) is 5.85. The molecule has 0 saturated heterocycles. The third kappa shape index (κ3) is 5.84. The molecule has 0 spiro atoms. The SMILES string of the molecule is CCCC(C)c1ccc2cc(/C=C/c3cc4ccc(C(C)CCC)cc4cc3SC)c(C)cc2c1. The fourth-order valence-electron chi connectivity index (χ4n) is 5.24. The van der Waals surface area contributed by atoms with Gasteiger partial charge in [-0.15, -0.1) is 11.8 Å². The highest BCUT2D eigenvalue weighted by Crippen LogP contribution is 2.32. The molecule has 0 N–H and O–H groups in total. The molecule has 4 aromatic rings. The van der Waals surface area contributed by atoms with Crippen LogP contribution in [-0.2, 0) is 0 Å². The third-order valence-corrected chi connectivity index (χ3v) is 8.28. The van der Waals surface area contributed by atoms with Gasteiger partial charge in [-0.25, -0.2) is 0 Å². The van der Waals surface area contributed by atoms with Crippen molar-refractivity contribution in [2.45, 2.75) is 77.0 Å². The van der Waals surface area contributed by atoms with Gasteiger partial charge in [-0.2, -0.15) is 0 Å². The molecule has 2 unspecified atom stereocenters. The maximum absolute atomic E-state index is 2.39. The van der Waals surface area contributed by atoms with Gasteiger partial charge in [-0.3, -0.25) is 0 Å². The molecule has 0 aliphatic heterocycles. The lowest BCUT2D eigenvalue weighted by Crippen LogP contribution is -1.93. The number of thioether (sulfide) groups is 1. The molecule has 0 bridgehead atoms. The Morgan fingerprint density at radius 1 is 0.657 bits per heavy atom. The van der Waals surface area contributed by atoms with E-state index in [9.17, 15) is 0 Å². The van der Waals surface area contributed by atoms with Crippen LogP contribution in [0.3, 0.4) is 0 Å². The van der Waals surface area contributed by atoms with Crippen molar-refractivity contribution in [2.75, 3.05) is 6.26 Å². The molecule has 4 aromatic carbocycles. The lowest BCUT2D eigenvalue weighted by atomic mass is 9.92. The number of rotatable bonds is 9. The van der Waals surface area contributed by atoms with Gasteiger partial charge in [0.05, 0.1) is 0 Å².